The lowest BCUT2D eigenvalue weighted by molar-refractivity contribution is -0.113. The number of carbonyl (C=O) groups is 1. The number of aromatic nitrogens is 4. The Morgan fingerprint density at radius 1 is 1.12 bits per heavy atom. The van der Waals surface area contributed by atoms with Crippen LogP contribution in [0.25, 0.3) is 16.6 Å². The average Bonchev–Trinajstić information content (AvgIpc) is 3.03. The van der Waals surface area contributed by atoms with E-state index in [-0.39, 0.29) is 28.5 Å². The maximum atomic E-state index is 13.0. The van der Waals surface area contributed by atoms with Crippen molar-refractivity contribution >= 4 is 45.9 Å². The van der Waals surface area contributed by atoms with Crippen LogP contribution in [-0.4, -0.2) is 30.6 Å². The number of halogens is 1. The summed E-state index contributed by atoms with van der Waals surface area (Å²) in [4.78, 5) is 43.4. The largest absolute Gasteiger partial charge is 0.319 e. The van der Waals surface area contributed by atoms with Gasteiger partial charge < -0.3 is 5.32 Å². The minimum absolute atomic E-state index is 0.0126. The number of hydrogen-bond acceptors (Lipinski definition) is 5. The first-order chi connectivity index (χ1) is 16.3. The van der Waals surface area contributed by atoms with Gasteiger partial charge in [0.1, 0.15) is 5.69 Å². The summed E-state index contributed by atoms with van der Waals surface area (Å²) >= 11 is 7.23. The van der Waals surface area contributed by atoms with Crippen LogP contribution in [0.4, 0.5) is 5.69 Å². The van der Waals surface area contributed by atoms with E-state index in [0.29, 0.717) is 39.0 Å². The van der Waals surface area contributed by atoms with E-state index >= 15 is 0 Å². The molecule has 0 aliphatic heterocycles. The minimum Gasteiger partial charge on any atom is -0.319 e. The van der Waals surface area contributed by atoms with Crippen molar-refractivity contribution in [3.63, 3.8) is 0 Å². The standard InChI is InChI=1S/C24H24ClN5O3S/c1-4-12-29-22(32)18-11-10-16(25)13-19(18)26-24(29)34-14-20(31)27-21-15(2)28(3)30(23(21)33)17-8-6-5-7-9-17/h5-11,13H,4,12,14H2,1-3H3,(H,27,31). The third kappa shape index (κ3) is 4.53. The van der Waals surface area contributed by atoms with E-state index in [9.17, 15) is 14.4 Å². The molecule has 1 amide bonds. The predicted octanol–water partition coefficient (Wildman–Crippen LogP) is 3.99. The highest BCUT2D eigenvalue weighted by Crippen LogP contribution is 2.21. The Morgan fingerprint density at radius 3 is 2.56 bits per heavy atom. The molecule has 2 aromatic heterocycles. The molecule has 0 saturated carbocycles. The predicted molar refractivity (Wildman–Crippen MR) is 136 cm³/mol. The first-order valence-corrected chi connectivity index (χ1v) is 12.1. The van der Waals surface area contributed by atoms with Crippen LogP contribution < -0.4 is 16.4 Å². The molecule has 0 bridgehead atoms. The maximum absolute atomic E-state index is 13.0. The molecule has 0 fully saturated rings. The van der Waals surface area contributed by atoms with Crippen molar-refractivity contribution in [3.8, 4) is 5.69 Å². The van der Waals surface area contributed by atoms with Crippen LogP contribution in [0.1, 0.15) is 19.0 Å². The molecule has 0 aliphatic rings. The number of nitrogens with zero attached hydrogens (tertiary/aromatic N) is 4. The summed E-state index contributed by atoms with van der Waals surface area (Å²) in [5, 5.41) is 4.14. The molecule has 0 saturated heterocycles. The van der Waals surface area contributed by atoms with Crippen molar-refractivity contribution in [2.24, 2.45) is 7.05 Å². The first-order valence-electron chi connectivity index (χ1n) is 10.8. The highest BCUT2D eigenvalue weighted by atomic mass is 35.5. The Kier molecular flexibility index (Phi) is 6.95. The quantitative estimate of drug-likeness (QED) is 0.308. The van der Waals surface area contributed by atoms with Crippen LogP contribution in [-0.2, 0) is 18.4 Å². The SMILES string of the molecule is CCCn1c(SCC(=O)Nc2c(C)n(C)n(-c3ccccc3)c2=O)nc2cc(Cl)ccc2c1=O. The van der Waals surface area contributed by atoms with E-state index in [1.165, 1.54) is 4.68 Å². The smallest absolute Gasteiger partial charge is 0.295 e. The number of benzene rings is 2. The second-order valence-corrected chi connectivity index (χ2v) is 9.16. The lowest BCUT2D eigenvalue weighted by atomic mass is 10.2. The first kappa shape index (κ1) is 23.8. The second kappa shape index (κ2) is 9.90. The van der Waals surface area contributed by atoms with Crippen molar-refractivity contribution in [1.29, 1.82) is 0 Å². The van der Waals surface area contributed by atoms with Gasteiger partial charge in [0.25, 0.3) is 11.1 Å². The zero-order valence-electron chi connectivity index (χ0n) is 19.0. The van der Waals surface area contributed by atoms with Gasteiger partial charge in [0.2, 0.25) is 5.91 Å². The Hall–Kier alpha value is -3.30. The van der Waals surface area contributed by atoms with Crippen molar-refractivity contribution in [1.82, 2.24) is 18.9 Å². The Labute approximate surface area is 205 Å². The summed E-state index contributed by atoms with van der Waals surface area (Å²) in [6.07, 6.45) is 0.739. The van der Waals surface area contributed by atoms with E-state index in [1.54, 1.807) is 41.4 Å². The summed E-state index contributed by atoms with van der Waals surface area (Å²) in [6, 6.07) is 14.2. The summed E-state index contributed by atoms with van der Waals surface area (Å²) in [6.45, 7) is 4.22. The van der Waals surface area contributed by atoms with Crippen LogP contribution >= 0.6 is 23.4 Å². The second-order valence-electron chi connectivity index (χ2n) is 7.79. The molecular weight excluding hydrogens is 474 g/mol. The molecular formula is C24H24ClN5O3S. The number of carbonyl (C=O) groups excluding carboxylic acids is 1. The molecule has 0 radical (unpaired) electrons. The van der Waals surface area contributed by atoms with Gasteiger partial charge in [-0.15, -0.1) is 0 Å². The molecule has 4 aromatic rings. The van der Waals surface area contributed by atoms with E-state index in [1.807, 2.05) is 37.3 Å². The molecule has 2 heterocycles. The number of thioether (sulfide) groups is 1. The van der Waals surface area contributed by atoms with Gasteiger partial charge in [-0.25, -0.2) is 9.67 Å². The molecule has 1 N–H and O–H groups in total. The monoisotopic (exact) mass is 497 g/mol. The fourth-order valence-corrected chi connectivity index (χ4v) is 4.71. The fraction of sp³-hybridized carbons (Fsp3) is 0.250. The molecule has 8 nitrogen and oxygen atoms in total. The molecule has 0 spiro atoms. The number of nitrogens with one attached hydrogen (secondary N) is 1. The topological polar surface area (TPSA) is 90.9 Å². The van der Waals surface area contributed by atoms with Gasteiger partial charge in [-0.3, -0.25) is 23.6 Å². The highest BCUT2D eigenvalue weighted by molar-refractivity contribution is 7.99. The van der Waals surface area contributed by atoms with E-state index in [0.717, 1.165) is 18.2 Å². The molecule has 0 aliphatic carbocycles. The number of para-hydroxylation sites is 1. The third-order valence-electron chi connectivity index (χ3n) is 5.48. The summed E-state index contributed by atoms with van der Waals surface area (Å²) < 4.78 is 4.78. The van der Waals surface area contributed by atoms with Crippen LogP contribution in [0.5, 0.6) is 0 Å². The maximum Gasteiger partial charge on any atom is 0.295 e. The average molecular weight is 498 g/mol. The fourth-order valence-electron chi connectivity index (χ4n) is 3.72. The zero-order chi connectivity index (χ0) is 24.4. The van der Waals surface area contributed by atoms with Crippen molar-refractivity contribution in [2.75, 3.05) is 11.1 Å². The highest BCUT2D eigenvalue weighted by Gasteiger charge is 2.19. The van der Waals surface area contributed by atoms with Gasteiger partial charge in [-0.1, -0.05) is 48.5 Å². The van der Waals surface area contributed by atoms with Gasteiger partial charge in [0.15, 0.2) is 5.16 Å². The summed E-state index contributed by atoms with van der Waals surface area (Å²) in [5.41, 5.74) is 1.56. The number of hydrogen-bond donors (Lipinski definition) is 1. The van der Waals surface area contributed by atoms with Gasteiger partial charge in [0, 0.05) is 18.6 Å². The van der Waals surface area contributed by atoms with E-state index < -0.39 is 0 Å². The summed E-state index contributed by atoms with van der Waals surface area (Å²) in [5.74, 6) is -0.374. The zero-order valence-corrected chi connectivity index (χ0v) is 20.6. The van der Waals surface area contributed by atoms with Gasteiger partial charge >= 0.3 is 0 Å². The molecule has 2 aromatic carbocycles. The third-order valence-corrected chi connectivity index (χ3v) is 6.69. The van der Waals surface area contributed by atoms with E-state index in [4.69, 9.17) is 11.6 Å². The summed E-state index contributed by atoms with van der Waals surface area (Å²) in [7, 11) is 1.77. The molecule has 34 heavy (non-hydrogen) atoms. The lowest BCUT2D eigenvalue weighted by Gasteiger charge is -2.12. The Bertz CT molecular complexity index is 1490. The molecule has 0 unspecified atom stereocenters. The van der Waals surface area contributed by atoms with Gasteiger partial charge in [-0.05, 0) is 43.7 Å². The molecule has 10 heteroatoms. The van der Waals surface area contributed by atoms with Crippen LogP contribution in [0.15, 0.2) is 63.3 Å². The Balaban J connectivity index is 1.59. The van der Waals surface area contributed by atoms with Gasteiger partial charge in [0.05, 0.1) is 28.0 Å². The number of fused-ring (bicyclic) bond motifs is 1. The molecule has 4 rings (SSSR count). The minimum atomic E-state index is -0.362. The van der Waals surface area contributed by atoms with Crippen molar-refractivity contribution in [2.45, 2.75) is 32.0 Å². The normalized spacial score (nSPS) is 11.2. The van der Waals surface area contributed by atoms with Gasteiger partial charge in [-0.2, -0.15) is 0 Å². The Morgan fingerprint density at radius 2 is 1.85 bits per heavy atom. The van der Waals surface area contributed by atoms with Crippen LogP contribution in [0.2, 0.25) is 5.02 Å². The molecule has 176 valence electrons. The lowest BCUT2D eigenvalue weighted by Crippen LogP contribution is -2.25. The number of amides is 1. The number of rotatable bonds is 7. The van der Waals surface area contributed by atoms with Crippen LogP contribution in [0, 0.1) is 6.92 Å². The van der Waals surface area contributed by atoms with Crippen LogP contribution in [0.3, 0.4) is 0 Å². The van der Waals surface area contributed by atoms with Crippen molar-refractivity contribution in [3.05, 3.63) is 80.0 Å². The van der Waals surface area contributed by atoms with Crippen molar-refractivity contribution < 1.29 is 4.79 Å². The number of anilines is 1. The van der Waals surface area contributed by atoms with E-state index in [2.05, 4.69) is 10.3 Å². The molecule has 0 atom stereocenters.